The van der Waals surface area contributed by atoms with Crippen molar-refractivity contribution in [1.82, 2.24) is 15.5 Å². The van der Waals surface area contributed by atoms with Gasteiger partial charge in [0, 0.05) is 39.0 Å². The van der Waals surface area contributed by atoms with E-state index in [9.17, 15) is 12.8 Å². The molecule has 1 aliphatic heterocycles. The number of ether oxygens (including phenoxy) is 1. The summed E-state index contributed by atoms with van der Waals surface area (Å²) in [6, 6.07) is 4.58. The van der Waals surface area contributed by atoms with Crippen molar-refractivity contribution in [3.63, 3.8) is 0 Å². The van der Waals surface area contributed by atoms with Crippen LogP contribution in [0.2, 0.25) is 0 Å². The number of halogens is 2. The van der Waals surface area contributed by atoms with Crippen LogP contribution in [0.4, 0.5) is 4.39 Å². The van der Waals surface area contributed by atoms with E-state index in [-0.39, 0.29) is 36.3 Å². The predicted molar refractivity (Wildman–Crippen MR) is 130 cm³/mol. The number of guanidine groups is 1. The van der Waals surface area contributed by atoms with E-state index in [0.29, 0.717) is 36.3 Å². The third-order valence-corrected chi connectivity index (χ3v) is 5.76. The zero-order valence-electron chi connectivity index (χ0n) is 18.0. The average Bonchev–Trinajstić information content (AvgIpc) is 3.10. The van der Waals surface area contributed by atoms with E-state index in [1.807, 2.05) is 6.92 Å². The smallest absolute Gasteiger partial charge is 0.191 e. The van der Waals surface area contributed by atoms with Crippen molar-refractivity contribution in [2.45, 2.75) is 38.1 Å². The Bertz CT molecular complexity index is 792. The Morgan fingerprint density at radius 2 is 2.10 bits per heavy atom. The number of nitrogens with one attached hydrogen (secondary N) is 2. The fraction of sp³-hybridized carbons (Fsp3) is 0.650. The zero-order chi connectivity index (χ0) is 21.3. The summed E-state index contributed by atoms with van der Waals surface area (Å²) < 4.78 is 42.2. The lowest BCUT2D eigenvalue weighted by Gasteiger charge is -2.25. The van der Waals surface area contributed by atoms with Gasteiger partial charge in [-0.3, -0.25) is 4.90 Å². The molecular weight excluding hydrogens is 522 g/mol. The van der Waals surface area contributed by atoms with Crippen LogP contribution in [-0.2, 0) is 26.9 Å². The summed E-state index contributed by atoms with van der Waals surface area (Å²) in [5.74, 6) is 0.115. The van der Waals surface area contributed by atoms with E-state index in [2.05, 4.69) is 20.5 Å². The number of sulfone groups is 1. The minimum absolute atomic E-state index is 0. The number of likely N-dealkylation sites (tertiary alicyclic amines) is 1. The molecule has 1 fully saturated rings. The second-order valence-corrected chi connectivity index (χ2v) is 9.52. The summed E-state index contributed by atoms with van der Waals surface area (Å²) in [7, 11) is -1.50. The largest absolute Gasteiger partial charge is 0.383 e. The average molecular weight is 556 g/mol. The number of nitrogens with zero attached hydrogens (tertiary/aromatic N) is 2. The van der Waals surface area contributed by atoms with Crippen molar-refractivity contribution in [2.24, 2.45) is 4.99 Å². The molecule has 0 aromatic heterocycles. The molecule has 0 aliphatic carbocycles. The molecule has 1 aliphatic rings. The van der Waals surface area contributed by atoms with Crippen LogP contribution >= 0.6 is 24.0 Å². The standard InChI is InChI=1S/C20H33FN4O3S.HI/c1-4-22-20(24-14-19-6-5-9-25(19)10-11-28-2)23-13-17-12-18(21)8-7-16(17)15-29(3,26)27;/h7-8,12,19H,4-6,9-11,13-15H2,1-3H3,(H2,22,23,24);1H. The number of hydrogen-bond acceptors (Lipinski definition) is 5. The van der Waals surface area contributed by atoms with Gasteiger partial charge in [0.1, 0.15) is 5.82 Å². The van der Waals surface area contributed by atoms with Gasteiger partial charge in [0.25, 0.3) is 0 Å². The number of aliphatic imine (C=N–C) groups is 1. The van der Waals surface area contributed by atoms with E-state index < -0.39 is 15.7 Å². The Kier molecular flexibility index (Phi) is 12.1. The maximum Gasteiger partial charge on any atom is 0.191 e. The van der Waals surface area contributed by atoms with Crippen LogP contribution in [0.25, 0.3) is 0 Å². The summed E-state index contributed by atoms with van der Waals surface area (Å²) in [5, 5.41) is 6.57. The van der Waals surface area contributed by atoms with E-state index in [4.69, 9.17) is 4.74 Å². The van der Waals surface area contributed by atoms with Crippen LogP contribution in [0.15, 0.2) is 23.2 Å². The minimum Gasteiger partial charge on any atom is -0.383 e. The molecule has 2 rings (SSSR count). The summed E-state index contributed by atoms with van der Waals surface area (Å²) in [6.45, 7) is 6.34. The van der Waals surface area contributed by atoms with Crippen molar-refractivity contribution in [1.29, 1.82) is 0 Å². The van der Waals surface area contributed by atoms with Crippen LogP contribution in [0.5, 0.6) is 0 Å². The summed E-state index contributed by atoms with van der Waals surface area (Å²) in [6.07, 6.45) is 3.46. The van der Waals surface area contributed by atoms with Gasteiger partial charge in [-0.2, -0.15) is 0 Å². The van der Waals surface area contributed by atoms with Crippen molar-refractivity contribution >= 4 is 39.8 Å². The monoisotopic (exact) mass is 556 g/mol. The molecule has 30 heavy (non-hydrogen) atoms. The molecule has 10 heteroatoms. The highest BCUT2D eigenvalue weighted by molar-refractivity contribution is 14.0. The van der Waals surface area contributed by atoms with Crippen LogP contribution in [-0.4, -0.2) is 71.5 Å². The molecule has 1 aromatic rings. The number of benzene rings is 1. The second-order valence-electron chi connectivity index (χ2n) is 7.38. The Labute approximate surface area is 196 Å². The van der Waals surface area contributed by atoms with Gasteiger partial charge in [0.05, 0.1) is 18.9 Å². The Balaban J connectivity index is 0.00000450. The molecule has 0 bridgehead atoms. The predicted octanol–water partition coefficient (Wildman–Crippen LogP) is 2.15. The first-order chi connectivity index (χ1) is 13.8. The SMILES string of the molecule is CCNC(=NCc1cc(F)ccc1CS(C)(=O)=O)NCC1CCCN1CCOC.I. The normalized spacial score (nSPS) is 17.6. The Hall–Kier alpha value is -0.980. The van der Waals surface area contributed by atoms with E-state index >= 15 is 0 Å². The lowest BCUT2D eigenvalue weighted by Crippen LogP contribution is -2.45. The zero-order valence-corrected chi connectivity index (χ0v) is 21.1. The minimum atomic E-state index is -3.21. The van der Waals surface area contributed by atoms with Gasteiger partial charge < -0.3 is 15.4 Å². The lowest BCUT2D eigenvalue weighted by atomic mass is 10.1. The van der Waals surface area contributed by atoms with Crippen LogP contribution in [0.1, 0.15) is 30.9 Å². The van der Waals surface area contributed by atoms with Gasteiger partial charge in [0.15, 0.2) is 15.8 Å². The van der Waals surface area contributed by atoms with E-state index in [1.54, 1.807) is 7.11 Å². The number of hydrogen-bond donors (Lipinski definition) is 2. The third kappa shape index (κ3) is 9.44. The molecule has 172 valence electrons. The summed E-state index contributed by atoms with van der Waals surface area (Å²) >= 11 is 0. The third-order valence-electron chi connectivity index (χ3n) is 4.92. The molecule has 0 amide bonds. The number of methoxy groups -OCH3 is 1. The molecule has 1 heterocycles. The maximum atomic E-state index is 13.7. The molecular formula is C20H34FIN4O3S. The molecule has 7 nitrogen and oxygen atoms in total. The molecule has 2 N–H and O–H groups in total. The fourth-order valence-corrected chi connectivity index (χ4v) is 4.36. The first-order valence-corrected chi connectivity index (χ1v) is 12.1. The van der Waals surface area contributed by atoms with Gasteiger partial charge in [0.2, 0.25) is 0 Å². The number of rotatable bonds is 10. The molecule has 1 unspecified atom stereocenters. The van der Waals surface area contributed by atoms with Crippen LogP contribution in [0, 0.1) is 5.82 Å². The van der Waals surface area contributed by atoms with E-state index in [0.717, 1.165) is 26.1 Å². The molecule has 0 saturated carbocycles. The maximum absolute atomic E-state index is 13.7. The Morgan fingerprint density at radius 3 is 2.77 bits per heavy atom. The van der Waals surface area contributed by atoms with Crippen molar-refractivity contribution in [3.8, 4) is 0 Å². The Morgan fingerprint density at radius 1 is 1.33 bits per heavy atom. The highest BCUT2D eigenvalue weighted by Crippen LogP contribution is 2.17. The summed E-state index contributed by atoms with van der Waals surface area (Å²) in [5.41, 5.74) is 1.16. The first kappa shape index (κ1) is 27.1. The fourth-order valence-electron chi connectivity index (χ4n) is 3.51. The van der Waals surface area contributed by atoms with Crippen LogP contribution in [0.3, 0.4) is 0 Å². The lowest BCUT2D eigenvalue weighted by molar-refractivity contribution is 0.141. The highest BCUT2D eigenvalue weighted by atomic mass is 127. The molecule has 0 spiro atoms. The second kappa shape index (κ2) is 13.4. The molecule has 0 radical (unpaired) electrons. The van der Waals surface area contributed by atoms with Gasteiger partial charge >= 0.3 is 0 Å². The van der Waals surface area contributed by atoms with Gasteiger partial charge in [-0.1, -0.05) is 6.07 Å². The van der Waals surface area contributed by atoms with E-state index in [1.165, 1.54) is 30.9 Å². The summed E-state index contributed by atoms with van der Waals surface area (Å²) in [4.78, 5) is 6.97. The van der Waals surface area contributed by atoms with Crippen molar-refractivity contribution in [3.05, 3.63) is 35.1 Å². The van der Waals surface area contributed by atoms with Crippen molar-refractivity contribution < 1.29 is 17.5 Å². The van der Waals surface area contributed by atoms with Crippen molar-refractivity contribution in [2.75, 3.05) is 46.2 Å². The quantitative estimate of drug-likeness (QED) is 0.261. The molecule has 1 saturated heterocycles. The highest BCUT2D eigenvalue weighted by Gasteiger charge is 2.24. The van der Waals surface area contributed by atoms with Gasteiger partial charge in [-0.25, -0.2) is 17.8 Å². The molecule has 1 aromatic carbocycles. The van der Waals surface area contributed by atoms with Gasteiger partial charge in [-0.05, 0) is 49.6 Å². The van der Waals surface area contributed by atoms with Gasteiger partial charge in [-0.15, -0.1) is 24.0 Å². The topological polar surface area (TPSA) is 83.0 Å². The molecule has 1 atom stereocenters. The van der Waals surface area contributed by atoms with Crippen LogP contribution < -0.4 is 10.6 Å². The first-order valence-electron chi connectivity index (χ1n) is 10.0.